The molecule has 1 atom stereocenters. The van der Waals surface area contributed by atoms with E-state index in [0.717, 1.165) is 6.42 Å². The summed E-state index contributed by atoms with van der Waals surface area (Å²) in [6.45, 7) is 6.04. The minimum Gasteiger partial charge on any atom is -0.424 e. The van der Waals surface area contributed by atoms with Crippen molar-refractivity contribution in [2.24, 2.45) is 11.7 Å². The minimum atomic E-state index is -0.168. The molecule has 1 rings (SSSR count). The fourth-order valence-electron chi connectivity index (χ4n) is 0.882. The van der Waals surface area contributed by atoms with E-state index in [4.69, 9.17) is 10.2 Å². The summed E-state index contributed by atoms with van der Waals surface area (Å²) in [5.74, 6) is 1.73. The second kappa shape index (κ2) is 3.67. The molecule has 0 aliphatic rings. The third kappa shape index (κ3) is 2.30. The Morgan fingerprint density at radius 1 is 1.33 bits per heavy atom. The van der Waals surface area contributed by atoms with Crippen LogP contribution in [0.5, 0.6) is 0 Å². The van der Waals surface area contributed by atoms with E-state index in [1.54, 1.807) is 0 Å². The molecular weight excluding hydrogens is 154 g/mol. The molecule has 1 heterocycles. The van der Waals surface area contributed by atoms with Gasteiger partial charge in [0.15, 0.2) is 0 Å². The number of hydrogen-bond donors (Lipinski definition) is 1. The van der Waals surface area contributed by atoms with Crippen molar-refractivity contribution in [1.82, 2.24) is 10.2 Å². The van der Waals surface area contributed by atoms with Crippen LogP contribution in [0.2, 0.25) is 0 Å². The van der Waals surface area contributed by atoms with Crippen molar-refractivity contribution < 1.29 is 4.42 Å². The van der Waals surface area contributed by atoms with Crippen LogP contribution in [0, 0.1) is 5.92 Å². The van der Waals surface area contributed by atoms with Gasteiger partial charge in [0, 0.05) is 6.42 Å². The molecule has 0 aliphatic carbocycles. The van der Waals surface area contributed by atoms with Gasteiger partial charge in [-0.05, 0) is 12.8 Å². The highest BCUT2D eigenvalue weighted by Gasteiger charge is 2.10. The Balaban J connectivity index is 2.64. The molecule has 2 N–H and O–H groups in total. The molecule has 0 fully saturated rings. The van der Waals surface area contributed by atoms with Gasteiger partial charge in [-0.15, -0.1) is 10.2 Å². The van der Waals surface area contributed by atoms with Crippen LogP contribution in [-0.2, 0) is 6.42 Å². The third-order valence-corrected chi connectivity index (χ3v) is 1.45. The number of hydrogen-bond acceptors (Lipinski definition) is 4. The van der Waals surface area contributed by atoms with Crippen molar-refractivity contribution in [1.29, 1.82) is 0 Å². The van der Waals surface area contributed by atoms with Gasteiger partial charge in [-0.25, -0.2) is 0 Å². The highest BCUT2D eigenvalue weighted by molar-refractivity contribution is 4.86. The van der Waals surface area contributed by atoms with Crippen molar-refractivity contribution >= 4 is 0 Å². The lowest BCUT2D eigenvalue weighted by molar-refractivity contribution is 0.408. The molecule has 4 nitrogen and oxygen atoms in total. The Kier molecular flexibility index (Phi) is 2.81. The topological polar surface area (TPSA) is 64.9 Å². The largest absolute Gasteiger partial charge is 0.424 e. The van der Waals surface area contributed by atoms with Gasteiger partial charge in [0.05, 0.1) is 6.04 Å². The summed E-state index contributed by atoms with van der Waals surface area (Å²) in [4.78, 5) is 0. The zero-order chi connectivity index (χ0) is 9.14. The summed E-state index contributed by atoms with van der Waals surface area (Å²) in [6.07, 6.45) is 0.819. The first-order chi connectivity index (χ1) is 5.59. The summed E-state index contributed by atoms with van der Waals surface area (Å²) < 4.78 is 5.31. The van der Waals surface area contributed by atoms with E-state index in [0.29, 0.717) is 17.7 Å². The SMILES string of the molecule is CC(C)Cc1nnc(C(C)N)o1. The molecule has 1 aromatic heterocycles. The molecule has 1 aromatic rings. The first-order valence-electron chi connectivity index (χ1n) is 4.17. The van der Waals surface area contributed by atoms with Crippen molar-refractivity contribution in [2.75, 3.05) is 0 Å². The van der Waals surface area contributed by atoms with Crippen LogP contribution in [0.25, 0.3) is 0 Å². The van der Waals surface area contributed by atoms with Gasteiger partial charge in [-0.2, -0.15) is 0 Å². The summed E-state index contributed by atoms with van der Waals surface area (Å²) in [7, 11) is 0. The summed E-state index contributed by atoms with van der Waals surface area (Å²) in [5, 5.41) is 7.71. The zero-order valence-corrected chi connectivity index (χ0v) is 7.74. The Morgan fingerprint density at radius 3 is 2.42 bits per heavy atom. The molecule has 12 heavy (non-hydrogen) atoms. The van der Waals surface area contributed by atoms with E-state index in [1.807, 2.05) is 6.92 Å². The first-order valence-corrected chi connectivity index (χ1v) is 4.17. The molecule has 0 spiro atoms. The smallest absolute Gasteiger partial charge is 0.232 e. The highest BCUT2D eigenvalue weighted by Crippen LogP contribution is 2.10. The lowest BCUT2D eigenvalue weighted by Crippen LogP contribution is -2.04. The van der Waals surface area contributed by atoms with E-state index >= 15 is 0 Å². The Morgan fingerprint density at radius 2 is 2.00 bits per heavy atom. The predicted molar refractivity (Wildman–Crippen MR) is 45.4 cm³/mol. The molecule has 4 heteroatoms. The third-order valence-electron chi connectivity index (χ3n) is 1.45. The molecule has 0 saturated heterocycles. The van der Waals surface area contributed by atoms with Crippen molar-refractivity contribution in [3.8, 4) is 0 Å². The standard InChI is InChI=1S/C8H15N3O/c1-5(2)4-7-10-11-8(12-7)6(3)9/h5-6H,4,9H2,1-3H3. The average molecular weight is 169 g/mol. The summed E-state index contributed by atoms with van der Waals surface area (Å²) in [5.41, 5.74) is 5.56. The Bertz CT molecular complexity index is 242. The zero-order valence-electron chi connectivity index (χ0n) is 7.74. The lowest BCUT2D eigenvalue weighted by atomic mass is 10.1. The molecule has 0 radical (unpaired) electrons. The lowest BCUT2D eigenvalue weighted by Gasteiger charge is -1.98. The highest BCUT2D eigenvalue weighted by atomic mass is 16.4. The van der Waals surface area contributed by atoms with E-state index in [9.17, 15) is 0 Å². The molecule has 0 saturated carbocycles. The molecule has 68 valence electrons. The molecular formula is C8H15N3O. The number of rotatable bonds is 3. The normalized spacial score (nSPS) is 13.8. The van der Waals surface area contributed by atoms with E-state index in [2.05, 4.69) is 24.0 Å². The van der Waals surface area contributed by atoms with Crippen LogP contribution >= 0.6 is 0 Å². The summed E-state index contributed by atoms with van der Waals surface area (Å²) >= 11 is 0. The van der Waals surface area contributed by atoms with Gasteiger partial charge in [-0.3, -0.25) is 0 Å². The fraction of sp³-hybridized carbons (Fsp3) is 0.750. The maximum atomic E-state index is 5.56. The number of nitrogens with two attached hydrogens (primary N) is 1. The predicted octanol–water partition coefficient (Wildman–Crippen LogP) is 1.29. The van der Waals surface area contributed by atoms with Gasteiger partial charge >= 0.3 is 0 Å². The molecule has 0 aliphatic heterocycles. The molecule has 1 unspecified atom stereocenters. The van der Waals surface area contributed by atoms with Crippen LogP contribution in [0.4, 0.5) is 0 Å². The van der Waals surface area contributed by atoms with E-state index in [-0.39, 0.29) is 6.04 Å². The Labute approximate surface area is 72.2 Å². The quantitative estimate of drug-likeness (QED) is 0.740. The molecule has 0 bridgehead atoms. The molecule has 0 amide bonds. The van der Waals surface area contributed by atoms with Crippen molar-refractivity contribution in [2.45, 2.75) is 33.2 Å². The average Bonchev–Trinajstić information content (AvgIpc) is 2.34. The monoisotopic (exact) mass is 169 g/mol. The van der Waals surface area contributed by atoms with Gasteiger partial charge in [0.2, 0.25) is 11.8 Å². The van der Waals surface area contributed by atoms with Crippen LogP contribution < -0.4 is 5.73 Å². The van der Waals surface area contributed by atoms with Crippen LogP contribution in [-0.4, -0.2) is 10.2 Å². The van der Waals surface area contributed by atoms with Gasteiger partial charge < -0.3 is 10.2 Å². The number of nitrogens with zero attached hydrogens (tertiary/aromatic N) is 2. The van der Waals surface area contributed by atoms with Crippen molar-refractivity contribution in [3.05, 3.63) is 11.8 Å². The van der Waals surface area contributed by atoms with Gasteiger partial charge in [0.1, 0.15) is 0 Å². The van der Waals surface area contributed by atoms with Crippen LogP contribution in [0.15, 0.2) is 4.42 Å². The van der Waals surface area contributed by atoms with Gasteiger partial charge in [-0.1, -0.05) is 13.8 Å². The first kappa shape index (κ1) is 9.19. The van der Waals surface area contributed by atoms with E-state index in [1.165, 1.54) is 0 Å². The second-order valence-corrected chi connectivity index (χ2v) is 3.42. The maximum absolute atomic E-state index is 5.56. The number of aromatic nitrogens is 2. The van der Waals surface area contributed by atoms with Crippen LogP contribution in [0.3, 0.4) is 0 Å². The summed E-state index contributed by atoms with van der Waals surface area (Å²) in [6, 6.07) is -0.168. The minimum absolute atomic E-state index is 0.168. The maximum Gasteiger partial charge on any atom is 0.232 e. The second-order valence-electron chi connectivity index (χ2n) is 3.42. The fourth-order valence-corrected chi connectivity index (χ4v) is 0.882. The van der Waals surface area contributed by atoms with Crippen molar-refractivity contribution in [3.63, 3.8) is 0 Å². The van der Waals surface area contributed by atoms with Crippen LogP contribution in [0.1, 0.15) is 38.6 Å². The Hall–Kier alpha value is -0.900. The van der Waals surface area contributed by atoms with Gasteiger partial charge in [0.25, 0.3) is 0 Å². The molecule has 0 aromatic carbocycles. The van der Waals surface area contributed by atoms with E-state index < -0.39 is 0 Å².